The first kappa shape index (κ1) is 20.5. The van der Waals surface area contributed by atoms with Gasteiger partial charge in [-0.1, -0.05) is 27.2 Å². The molecule has 0 saturated carbocycles. The number of hydrogen-bond acceptors (Lipinski definition) is 6. The summed E-state index contributed by atoms with van der Waals surface area (Å²) in [6.07, 6.45) is 6.15. The molecule has 0 amide bonds. The minimum absolute atomic E-state index is 0.0938. The van der Waals surface area contributed by atoms with Crippen LogP contribution < -0.4 is 5.32 Å². The normalized spacial score (nSPS) is 21.2. The highest BCUT2D eigenvalue weighted by atomic mass is 16.5. The summed E-state index contributed by atoms with van der Waals surface area (Å²) in [5, 5.41) is 3.66. The quantitative estimate of drug-likeness (QED) is 0.821. The van der Waals surface area contributed by atoms with Crippen LogP contribution in [-0.4, -0.2) is 60.4 Å². The fraction of sp³-hybridized carbons (Fsp3) is 0.810. The number of methoxy groups -OCH3 is 1. The summed E-state index contributed by atoms with van der Waals surface area (Å²) < 4.78 is 11.0. The van der Waals surface area contributed by atoms with Gasteiger partial charge in [-0.2, -0.15) is 0 Å². The van der Waals surface area contributed by atoms with Crippen LogP contribution in [0.3, 0.4) is 0 Å². The first-order valence-corrected chi connectivity index (χ1v) is 10.4. The molecule has 2 aliphatic rings. The zero-order valence-electron chi connectivity index (χ0n) is 17.5. The molecule has 1 N–H and O–H groups in total. The third-order valence-electron chi connectivity index (χ3n) is 5.79. The molecule has 2 saturated heterocycles. The van der Waals surface area contributed by atoms with E-state index in [1.54, 1.807) is 7.11 Å². The maximum Gasteiger partial charge on any atom is 0.136 e. The predicted octanol–water partition coefficient (Wildman–Crippen LogP) is 3.37. The fourth-order valence-corrected chi connectivity index (χ4v) is 4.12. The van der Waals surface area contributed by atoms with E-state index in [1.807, 2.05) is 6.07 Å². The SMILES string of the molecule is COCc1cc(NCC2(N3CCCCC3)CCOCC2)nc(C(C)(C)C)n1. The fourth-order valence-electron chi connectivity index (χ4n) is 4.12. The Labute approximate surface area is 164 Å². The van der Waals surface area contributed by atoms with Gasteiger partial charge in [0.05, 0.1) is 12.3 Å². The van der Waals surface area contributed by atoms with Crippen molar-refractivity contribution in [3.05, 3.63) is 17.6 Å². The molecule has 0 atom stereocenters. The summed E-state index contributed by atoms with van der Waals surface area (Å²) in [7, 11) is 1.71. The summed E-state index contributed by atoms with van der Waals surface area (Å²) in [5.41, 5.74) is 1.01. The van der Waals surface area contributed by atoms with Crippen molar-refractivity contribution in [1.82, 2.24) is 14.9 Å². The second-order valence-corrected chi connectivity index (χ2v) is 8.99. The molecule has 0 radical (unpaired) electrons. The van der Waals surface area contributed by atoms with Crippen molar-refractivity contribution in [1.29, 1.82) is 0 Å². The molecule has 1 aromatic heterocycles. The molecule has 27 heavy (non-hydrogen) atoms. The van der Waals surface area contributed by atoms with Gasteiger partial charge in [0.25, 0.3) is 0 Å². The smallest absolute Gasteiger partial charge is 0.136 e. The second kappa shape index (κ2) is 8.84. The summed E-state index contributed by atoms with van der Waals surface area (Å²) in [4.78, 5) is 12.2. The number of hydrogen-bond donors (Lipinski definition) is 1. The van der Waals surface area contributed by atoms with Crippen LogP contribution in [0.15, 0.2) is 6.07 Å². The van der Waals surface area contributed by atoms with Gasteiger partial charge in [-0.3, -0.25) is 4.90 Å². The van der Waals surface area contributed by atoms with Crippen LogP contribution in [0.4, 0.5) is 5.82 Å². The van der Waals surface area contributed by atoms with Crippen molar-refractivity contribution in [3.8, 4) is 0 Å². The van der Waals surface area contributed by atoms with Crippen LogP contribution in [0.2, 0.25) is 0 Å². The second-order valence-electron chi connectivity index (χ2n) is 8.99. The Balaban J connectivity index is 1.79. The Bertz CT molecular complexity index is 603. The summed E-state index contributed by atoms with van der Waals surface area (Å²) in [5.74, 6) is 1.77. The van der Waals surface area contributed by atoms with Crippen molar-refractivity contribution in [2.45, 2.75) is 70.4 Å². The van der Waals surface area contributed by atoms with E-state index in [0.717, 1.165) is 49.9 Å². The minimum Gasteiger partial charge on any atom is -0.381 e. The van der Waals surface area contributed by atoms with Gasteiger partial charge in [0.1, 0.15) is 11.6 Å². The first-order chi connectivity index (χ1) is 12.9. The lowest BCUT2D eigenvalue weighted by molar-refractivity contribution is -0.0293. The van der Waals surface area contributed by atoms with E-state index in [1.165, 1.54) is 32.4 Å². The Morgan fingerprint density at radius 1 is 1.15 bits per heavy atom. The number of nitrogens with zero attached hydrogens (tertiary/aromatic N) is 3. The zero-order valence-corrected chi connectivity index (χ0v) is 17.5. The Morgan fingerprint density at radius 2 is 1.85 bits per heavy atom. The molecule has 2 fully saturated rings. The zero-order chi connectivity index (χ0) is 19.3. The van der Waals surface area contributed by atoms with Crippen LogP contribution in [0.25, 0.3) is 0 Å². The Hall–Kier alpha value is -1.24. The van der Waals surface area contributed by atoms with Gasteiger partial charge in [0, 0.05) is 43.9 Å². The molecule has 0 unspecified atom stereocenters. The summed E-state index contributed by atoms with van der Waals surface area (Å²) in [6, 6.07) is 2.03. The lowest BCUT2D eigenvalue weighted by Gasteiger charge is -2.48. The topological polar surface area (TPSA) is 59.5 Å². The summed E-state index contributed by atoms with van der Waals surface area (Å²) in [6.45, 7) is 12.0. The molecule has 0 spiro atoms. The van der Waals surface area contributed by atoms with Crippen LogP contribution in [-0.2, 0) is 21.5 Å². The van der Waals surface area contributed by atoms with E-state index in [9.17, 15) is 0 Å². The number of likely N-dealkylation sites (tertiary alicyclic amines) is 1. The molecule has 0 aliphatic carbocycles. The van der Waals surface area contributed by atoms with E-state index in [0.29, 0.717) is 6.61 Å². The number of piperidine rings is 1. The van der Waals surface area contributed by atoms with E-state index in [-0.39, 0.29) is 11.0 Å². The molecule has 152 valence electrons. The van der Waals surface area contributed by atoms with Gasteiger partial charge in [-0.05, 0) is 38.8 Å². The third kappa shape index (κ3) is 5.18. The highest BCUT2D eigenvalue weighted by Crippen LogP contribution is 2.31. The summed E-state index contributed by atoms with van der Waals surface area (Å²) >= 11 is 0. The average Bonchev–Trinajstić information content (AvgIpc) is 2.67. The molecule has 0 bridgehead atoms. The lowest BCUT2D eigenvalue weighted by atomic mass is 9.86. The van der Waals surface area contributed by atoms with Gasteiger partial charge >= 0.3 is 0 Å². The van der Waals surface area contributed by atoms with Crippen LogP contribution >= 0.6 is 0 Å². The van der Waals surface area contributed by atoms with Gasteiger partial charge in [-0.15, -0.1) is 0 Å². The lowest BCUT2D eigenvalue weighted by Crippen LogP contribution is -2.57. The molecule has 3 heterocycles. The highest BCUT2D eigenvalue weighted by Gasteiger charge is 2.38. The maximum absolute atomic E-state index is 5.69. The Kier molecular flexibility index (Phi) is 6.71. The van der Waals surface area contributed by atoms with Crippen LogP contribution in [0.5, 0.6) is 0 Å². The standard InChI is InChI=1S/C21H36N4O2/c1-20(2,3)19-23-17(15-26-4)14-18(24-19)22-16-21(8-12-27-13-9-21)25-10-6-5-7-11-25/h14H,5-13,15-16H2,1-4H3,(H,22,23,24). The van der Waals surface area contributed by atoms with Gasteiger partial charge < -0.3 is 14.8 Å². The molecule has 2 aliphatic heterocycles. The van der Waals surface area contributed by atoms with Crippen molar-refractivity contribution < 1.29 is 9.47 Å². The van der Waals surface area contributed by atoms with Gasteiger partial charge in [-0.25, -0.2) is 9.97 Å². The predicted molar refractivity (Wildman–Crippen MR) is 108 cm³/mol. The van der Waals surface area contributed by atoms with Gasteiger partial charge in [0.15, 0.2) is 0 Å². The average molecular weight is 377 g/mol. The van der Waals surface area contributed by atoms with E-state index >= 15 is 0 Å². The van der Waals surface area contributed by atoms with Gasteiger partial charge in [0.2, 0.25) is 0 Å². The largest absolute Gasteiger partial charge is 0.381 e. The number of aromatic nitrogens is 2. The molecule has 1 aromatic rings. The molecular formula is C21H36N4O2. The van der Waals surface area contributed by atoms with Crippen molar-refractivity contribution in [2.75, 3.05) is 45.3 Å². The van der Waals surface area contributed by atoms with Crippen LogP contribution in [0.1, 0.15) is 64.4 Å². The van der Waals surface area contributed by atoms with Crippen molar-refractivity contribution in [2.24, 2.45) is 0 Å². The maximum atomic E-state index is 5.69. The molecule has 6 nitrogen and oxygen atoms in total. The van der Waals surface area contributed by atoms with E-state index in [2.05, 4.69) is 36.0 Å². The van der Waals surface area contributed by atoms with E-state index in [4.69, 9.17) is 14.5 Å². The number of anilines is 1. The minimum atomic E-state index is -0.0938. The van der Waals surface area contributed by atoms with E-state index < -0.39 is 0 Å². The molecular weight excluding hydrogens is 340 g/mol. The molecule has 3 rings (SSSR count). The monoisotopic (exact) mass is 376 g/mol. The first-order valence-electron chi connectivity index (χ1n) is 10.4. The Morgan fingerprint density at radius 3 is 2.48 bits per heavy atom. The molecule has 0 aromatic carbocycles. The molecule has 6 heteroatoms. The number of rotatable bonds is 6. The highest BCUT2D eigenvalue weighted by molar-refractivity contribution is 5.38. The van der Waals surface area contributed by atoms with Crippen molar-refractivity contribution in [3.63, 3.8) is 0 Å². The third-order valence-corrected chi connectivity index (χ3v) is 5.79. The number of nitrogens with one attached hydrogen (secondary N) is 1. The van der Waals surface area contributed by atoms with Crippen LogP contribution in [0, 0.1) is 0 Å². The number of ether oxygens (including phenoxy) is 2. The van der Waals surface area contributed by atoms with Crippen molar-refractivity contribution >= 4 is 5.82 Å².